The first-order chi connectivity index (χ1) is 10.1. The van der Waals surface area contributed by atoms with Gasteiger partial charge >= 0.3 is 0 Å². The topological polar surface area (TPSA) is 84.1 Å². The van der Waals surface area contributed by atoms with E-state index in [1.54, 1.807) is 0 Å². The van der Waals surface area contributed by atoms with Gasteiger partial charge in [-0.3, -0.25) is 9.59 Å². The highest BCUT2D eigenvalue weighted by Gasteiger charge is 2.27. The molecule has 2 atom stereocenters. The Morgan fingerprint density at radius 2 is 2.24 bits per heavy atom. The summed E-state index contributed by atoms with van der Waals surface area (Å²) in [5, 5.41) is 2.82. The van der Waals surface area contributed by atoms with Gasteiger partial charge in [0.2, 0.25) is 0 Å². The second-order valence-electron chi connectivity index (χ2n) is 6.14. The third kappa shape index (κ3) is 3.69. The van der Waals surface area contributed by atoms with Crippen LogP contribution in [0.3, 0.4) is 0 Å². The van der Waals surface area contributed by atoms with E-state index in [9.17, 15) is 9.59 Å². The molecule has 1 aliphatic carbocycles. The van der Waals surface area contributed by atoms with Gasteiger partial charge in [0.15, 0.2) is 0 Å². The molecular formula is C15H21N3O3. The Balaban J connectivity index is 1.59. The molecule has 0 unspecified atom stereocenters. The molecule has 0 bridgehead atoms. The molecule has 0 radical (unpaired) electrons. The molecule has 1 aromatic heterocycles. The van der Waals surface area contributed by atoms with Gasteiger partial charge in [-0.1, -0.05) is 6.92 Å². The minimum Gasteiger partial charge on any atom is -0.376 e. The van der Waals surface area contributed by atoms with Crippen molar-refractivity contribution in [2.24, 2.45) is 5.92 Å². The van der Waals surface area contributed by atoms with E-state index in [1.165, 1.54) is 6.07 Å². The zero-order chi connectivity index (χ0) is 14.8. The smallest absolute Gasteiger partial charge is 0.270 e. The largest absolute Gasteiger partial charge is 0.376 e. The van der Waals surface area contributed by atoms with Crippen LogP contribution in [0.25, 0.3) is 0 Å². The van der Waals surface area contributed by atoms with Gasteiger partial charge in [-0.05, 0) is 31.6 Å². The van der Waals surface area contributed by atoms with Crippen LogP contribution in [0.2, 0.25) is 0 Å². The highest BCUT2D eigenvalue weighted by Crippen LogP contribution is 2.37. The van der Waals surface area contributed by atoms with E-state index in [1.807, 2.05) is 0 Å². The quantitative estimate of drug-likeness (QED) is 0.873. The van der Waals surface area contributed by atoms with Gasteiger partial charge in [0.1, 0.15) is 11.5 Å². The van der Waals surface area contributed by atoms with Gasteiger partial charge in [-0.25, -0.2) is 4.98 Å². The average Bonchev–Trinajstić information content (AvgIpc) is 3.30. The van der Waals surface area contributed by atoms with E-state index >= 15 is 0 Å². The predicted molar refractivity (Wildman–Crippen MR) is 77.3 cm³/mol. The zero-order valence-corrected chi connectivity index (χ0v) is 12.2. The Labute approximate surface area is 123 Å². The van der Waals surface area contributed by atoms with E-state index in [4.69, 9.17) is 4.74 Å². The van der Waals surface area contributed by atoms with Crippen molar-refractivity contribution >= 4 is 5.91 Å². The monoisotopic (exact) mass is 291 g/mol. The maximum Gasteiger partial charge on any atom is 0.270 e. The molecule has 114 valence electrons. The lowest BCUT2D eigenvalue weighted by Gasteiger charge is -2.26. The number of ether oxygens (including phenoxy) is 1. The van der Waals surface area contributed by atoms with Crippen LogP contribution in [0.1, 0.15) is 54.8 Å². The van der Waals surface area contributed by atoms with Gasteiger partial charge in [0.25, 0.3) is 11.5 Å². The van der Waals surface area contributed by atoms with Crippen molar-refractivity contribution in [2.75, 3.05) is 13.2 Å². The van der Waals surface area contributed by atoms with Crippen molar-refractivity contribution in [1.82, 2.24) is 15.3 Å². The van der Waals surface area contributed by atoms with Crippen molar-refractivity contribution in [1.29, 1.82) is 0 Å². The molecule has 21 heavy (non-hydrogen) atoms. The van der Waals surface area contributed by atoms with Crippen LogP contribution in [0.15, 0.2) is 10.9 Å². The molecule has 2 heterocycles. The van der Waals surface area contributed by atoms with E-state index in [2.05, 4.69) is 22.2 Å². The lowest BCUT2D eigenvalue weighted by molar-refractivity contribution is -0.00918. The fourth-order valence-electron chi connectivity index (χ4n) is 2.54. The van der Waals surface area contributed by atoms with Gasteiger partial charge in [-0.2, -0.15) is 0 Å². The number of aromatic amines is 1. The summed E-state index contributed by atoms with van der Waals surface area (Å²) >= 11 is 0. The van der Waals surface area contributed by atoms with E-state index < -0.39 is 0 Å². The first-order valence-corrected chi connectivity index (χ1v) is 7.63. The summed E-state index contributed by atoms with van der Waals surface area (Å²) < 4.78 is 5.67. The molecule has 2 N–H and O–H groups in total. The van der Waals surface area contributed by atoms with Crippen LogP contribution in [0.5, 0.6) is 0 Å². The number of hydrogen-bond acceptors (Lipinski definition) is 4. The fourth-order valence-corrected chi connectivity index (χ4v) is 2.54. The summed E-state index contributed by atoms with van der Waals surface area (Å²) in [6.45, 7) is 3.38. The van der Waals surface area contributed by atoms with Crippen molar-refractivity contribution in [3.8, 4) is 0 Å². The highest BCUT2D eigenvalue weighted by atomic mass is 16.5. The molecule has 1 saturated heterocycles. The van der Waals surface area contributed by atoms with Gasteiger partial charge in [-0.15, -0.1) is 0 Å². The normalized spacial score (nSPS) is 25.6. The van der Waals surface area contributed by atoms with Crippen LogP contribution in [-0.2, 0) is 4.74 Å². The lowest BCUT2D eigenvalue weighted by Crippen LogP contribution is -2.37. The molecule has 1 aromatic rings. The number of nitrogens with zero attached hydrogens (tertiary/aromatic N) is 1. The molecule has 1 aliphatic heterocycles. The maximum atomic E-state index is 12.1. The van der Waals surface area contributed by atoms with E-state index in [-0.39, 0.29) is 23.3 Å². The molecule has 6 heteroatoms. The number of hydrogen-bond donors (Lipinski definition) is 2. The van der Waals surface area contributed by atoms with Crippen molar-refractivity contribution in [3.05, 3.63) is 27.9 Å². The van der Waals surface area contributed by atoms with Crippen LogP contribution in [-0.4, -0.2) is 35.1 Å². The first kappa shape index (κ1) is 14.3. The van der Waals surface area contributed by atoms with Crippen LogP contribution < -0.4 is 10.9 Å². The third-order valence-corrected chi connectivity index (χ3v) is 4.04. The number of carbonyl (C=O) groups is 1. The molecule has 1 amide bonds. The Kier molecular flexibility index (Phi) is 4.05. The summed E-state index contributed by atoms with van der Waals surface area (Å²) in [5.74, 6) is 1.24. The van der Waals surface area contributed by atoms with Crippen LogP contribution in [0.4, 0.5) is 0 Å². The maximum absolute atomic E-state index is 12.1. The average molecular weight is 291 g/mol. The minimum atomic E-state index is -0.301. The first-order valence-electron chi connectivity index (χ1n) is 7.63. The van der Waals surface area contributed by atoms with Gasteiger partial charge < -0.3 is 15.0 Å². The van der Waals surface area contributed by atoms with Crippen LogP contribution in [0, 0.1) is 5.92 Å². The standard InChI is InChI=1S/C15H21N3O3/c1-9-2-5-11(21-8-9)7-16-15(20)12-6-13(19)18-14(17-12)10-3-4-10/h6,9-11H,2-5,7-8H2,1H3,(H,16,20)(H,17,18,19)/t9-,11+/m1/s1. The van der Waals surface area contributed by atoms with Gasteiger partial charge in [0, 0.05) is 25.1 Å². The Morgan fingerprint density at radius 1 is 1.43 bits per heavy atom. The number of aromatic nitrogens is 2. The van der Waals surface area contributed by atoms with Crippen LogP contribution >= 0.6 is 0 Å². The Hall–Kier alpha value is -1.69. The predicted octanol–water partition coefficient (Wildman–Crippen LogP) is 1.19. The van der Waals surface area contributed by atoms with Crippen molar-refractivity contribution in [2.45, 2.75) is 44.6 Å². The minimum absolute atomic E-state index is 0.0649. The number of carbonyl (C=O) groups excluding carboxylic acids is 1. The molecule has 6 nitrogen and oxygen atoms in total. The molecule has 2 aliphatic rings. The molecule has 0 aromatic carbocycles. The van der Waals surface area contributed by atoms with Gasteiger partial charge in [0.05, 0.1) is 6.10 Å². The summed E-state index contributed by atoms with van der Waals surface area (Å²) in [5.41, 5.74) is -0.0652. The SMILES string of the molecule is C[C@@H]1CC[C@@H](CNC(=O)c2cc(=O)[nH]c(C3CC3)n2)OC1. The number of amides is 1. The summed E-state index contributed by atoms with van der Waals surface area (Å²) in [6.07, 6.45) is 4.20. The Bertz CT molecular complexity index is 572. The van der Waals surface area contributed by atoms with E-state index in [0.29, 0.717) is 24.2 Å². The molecule has 3 rings (SSSR count). The summed E-state index contributed by atoms with van der Waals surface area (Å²) in [6, 6.07) is 1.25. The van der Waals surface area contributed by atoms with Crippen molar-refractivity contribution in [3.63, 3.8) is 0 Å². The Morgan fingerprint density at radius 3 is 2.90 bits per heavy atom. The zero-order valence-electron chi connectivity index (χ0n) is 12.2. The molecule has 1 saturated carbocycles. The summed E-state index contributed by atoms with van der Waals surface area (Å²) in [7, 11) is 0. The van der Waals surface area contributed by atoms with E-state index in [0.717, 1.165) is 32.3 Å². The highest BCUT2D eigenvalue weighted by molar-refractivity contribution is 5.92. The number of nitrogens with one attached hydrogen (secondary N) is 2. The second-order valence-corrected chi connectivity index (χ2v) is 6.14. The fraction of sp³-hybridized carbons (Fsp3) is 0.667. The second kappa shape index (κ2) is 5.97. The third-order valence-electron chi connectivity index (χ3n) is 4.04. The number of rotatable bonds is 4. The molecular weight excluding hydrogens is 270 g/mol. The number of H-pyrrole nitrogens is 1. The van der Waals surface area contributed by atoms with Crippen molar-refractivity contribution < 1.29 is 9.53 Å². The molecule has 2 fully saturated rings. The lowest BCUT2D eigenvalue weighted by atomic mass is 10.0. The molecule has 0 spiro atoms. The summed E-state index contributed by atoms with van der Waals surface area (Å²) in [4.78, 5) is 30.7.